The van der Waals surface area contributed by atoms with Gasteiger partial charge >= 0.3 is 0 Å². The molecular weight excluding hydrogens is 340 g/mol. The second-order valence-corrected chi connectivity index (χ2v) is 6.68. The molecule has 1 amide bonds. The van der Waals surface area contributed by atoms with Crippen molar-refractivity contribution in [3.8, 4) is 17.2 Å². The number of carbonyl (C=O) groups is 1. The van der Waals surface area contributed by atoms with Gasteiger partial charge in [-0.15, -0.1) is 0 Å². The number of anilines is 1. The molecule has 138 valence electrons. The van der Waals surface area contributed by atoms with Gasteiger partial charge in [-0.3, -0.25) is 4.79 Å². The Hall–Kier alpha value is -3.08. The van der Waals surface area contributed by atoms with Gasteiger partial charge in [0.25, 0.3) is 0 Å². The molecule has 0 radical (unpaired) electrons. The molecule has 0 bridgehead atoms. The molecule has 2 heterocycles. The monoisotopic (exact) mass is 362 g/mol. The Labute approximate surface area is 158 Å². The Kier molecular flexibility index (Phi) is 4.67. The first-order valence-electron chi connectivity index (χ1n) is 9.15. The Balaban J connectivity index is 1.59. The van der Waals surface area contributed by atoms with Crippen LogP contribution in [0.25, 0.3) is 11.5 Å². The largest absolute Gasteiger partial charge is 0.496 e. The third-order valence-corrected chi connectivity index (χ3v) is 4.96. The molecule has 0 aliphatic carbocycles. The molecule has 0 fully saturated rings. The maximum Gasteiger partial charge on any atom is 0.233 e. The van der Waals surface area contributed by atoms with Crippen LogP contribution in [0.2, 0.25) is 0 Å². The van der Waals surface area contributed by atoms with Crippen LogP contribution < -0.4 is 9.64 Å². The number of rotatable bonds is 4. The van der Waals surface area contributed by atoms with Gasteiger partial charge < -0.3 is 14.1 Å². The highest BCUT2D eigenvalue weighted by molar-refractivity contribution is 5.95. The standard InChI is InChI=1S/C22H22N2O3/c1-15-18(23-22(27-15)17-10-4-6-12-20(17)26-2)14-21(25)24-13-7-9-16-8-3-5-11-19(16)24/h3-6,8,10-12H,7,9,13-14H2,1-2H3. The highest BCUT2D eigenvalue weighted by atomic mass is 16.5. The molecule has 1 aliphatic heterocycles. The summed E-state index contributed by atoms with van der Waals surface area (Å²) in [5, 5.41) is 0. The fourth-order valence-corrected chi connectivity index (χ4v) is 3.56. The highest BCUT2D eigenvalue weighted by Gasteiger charge is 2.24. The van der Waals surface area contributed by atoms with Gasteiger partial charge in [0, 0.05) is 12.2 Å². The predicted octanol–water partition coefficient (Wildman–Crippen LogP) is 4.18. The number of para-hydroxylation sites is 2. The van der Waals surface area contributed by atoms with Gasteiger partial charge in [-0.05, 0) is 43.5 Å². The maximum absolute atomic E-state index is 13.0. The molecule has 5 nitrogen and oxygen atoms in total. The summed E-state index contributed by atoms with van der Waals surface area (Å²) in [6.07, 6.45) is 2.22. The topological polar surface area (TPSA) is 55.6 Å². The number of oxazole rings is 1. The number of hydrogen-bond donors (Lipinski definition) is 0. The number of amides is 1. The Bertz CT molecular complexity index is 977. The van der Waals surface area contributed by atoms with Crippen molar-refractivity contribution in [3.63, 3.8) is 0 Å². The summed E-state index contributed by atoms with van der Waals surface area (Å²) in [6.45, 7) is 2.59. The van der Waals surface area contributed by atoms with Gasteiger partial charge in [0.1, 0.15) is 11.5 Å². The minimum absolute atomic E-state index is 0.0464. The molecule has 2 aromatic carbocycles. The van der Waals surface area contributed by atoms with Crippen molar-refractivity contribution in [3.05, 3.63) is 65.5 Å². The van der Waals surface area contributed by atoms with Gasteiger partial charge in [-0.1, -0.05) is 30.3 Å². The van der Waals surface area contributed by atoms with Crippen molar-refractivity contribution in [2.45, 2.75) is 26.2 Å². The maximum atomic E-state index is 13.0. The fraction of sp³-hybridized carbons (Fsp3) is 0.273. The average molecular weight is 362 g/mol. The normalized spacial score (nSPS) is 13.3. The van der Waals surface area contributed by atoms with Gasteiger partial charge in [0.15, 0.2) is 0 Å². The molecule has 0 unspecified atom stereocenters. The van der Waals surface area contributed by atoms with Crippen LogP contribution in [0.4, 0.5) is 5.69 Å². The van der Waals surface area contributed by atoms with Crippen LogP contribution in [0.5, 0.6) is 5.75 Å². The number of nitrogens with zero attached hydrogens (tertiary/aromatic N) is 2. The van der Waals surface area contributed by atoms with Crippen LogP contribution in [-0.2, 0) is 17.6 Å². The number of carbonyl (C=O) groups excluding carboxylic acids is 1. The van der Waals surface area contributed by atoms with Crippen molar-refractivity contribution in [2.75, 3.05) is 18.6 Å². The lowest BCUT2D eigenvalue weighted by atomic mass is 10.0. The van der Waals surface area contributed by atoms with Gasteiger partial charge in [0.05, 0.1) is 24.8 Å². The smallest absolute Gasteiger partial charge is 0.233 e. The summed E-state index contributed by atoms with van der Waals surface area (Å²) in [4.78, 5) is 19.4. The third kappa shape index (κ3) is 3.33. The summed E-state index contributed by atoms with van der Waals surface area (Å²) in [6, 6.07) is 15.7. The molecular formula is C22H22N2O3. The Morgan fingerprint density at radius 3 is 2.81 bits per heavy atom. The molecule has 0 saturated carbocycles. The molecule has 27 heavy (non-hydrogen) atoms. The lowest BCUT2D eigenvalue weighted by molar-refractivity contribution is -0.118. The van der Waals surface area contributed by atoms with Crippen LogP contribution in [0.1, 0.15) is 23.4 Å². The number of methoxy groups -OCH3 is 1. The van der Waals surface area contributed by atoms with Crippen LogP contribution in [0.3, 0.4) is 0 Å². The molecule has 3 aromatic rings. The van der Waals surface area contributed by atoms with E-state index < -0.39 is 0 Å². The van der Waals surface area contributed by atoms with Crippen molar-refractivity contribution < 1.29 is 13.9 Å². The van der Waals surface area contributed by atoms with Crippen LogP contribution in [0, 0.1) is 6.92 Å². The van der Waals surface area contributed by atoms with E-state index >= 15 is 0 Å². The number of hydrogen-bond acceptors (Lipinski definition) is 4. The fourth-order valence-electron chi connectivity index (χ4n) is 3.56. The Morgan fingerprint density at radius 2 is 1.96 bits per heavy atom. The SMILES string of the molecule is COc1ccccc1-c1nc(CC(=O)N2CCCc3ccccc32)c(C)o1. The summed E-state index contributed by atoms with van der Waals surface area (Å²) < 4.78 is 11.2. The number of aryl methyl sites for hydroxylation is 2. The van der Waals surface area contributed by atoms with E-state index in [0.717, 1.165) is 30.6 Å². The predicted molar refractivity (Wildman–Crippen MR) is 104 cm³/mol. The molecule has 5 heteroatoms. The third-order valence-electron chi connectivity index (χ3n) is 4.96. The van der Waals surface area contributed by atoms with E-state index in [0.29, 0.717) is 23.1 Å². The molecule has 0 N–H and O–H groups in total. The van der Waals surface area contributed by atoms with Crippen molar-refractivity contribution >= 4 is 11.6 Å². The lowest BCUT2D eigenvalue weighted by Crippen LogP contribution is -2.36. The van der Waals surface area contributed by atoms with Gasteiger partial charge in [0.2, 0.25) is 11.8 Å². The van der Waals surface area contributed by atoms with Crippen molar-refractivity contribution in [1.29, 1.82) is 0 Å². The summed E-state index contributed by atoms with van der Waals surface area (Å²) in [7, 11) is 1.62. The summed E-state index contributed by atoms with van der Waals surface area (Å²) in [5.41, 5.74) is 3.69. The quantitative estimate of drug-likeness (QED) is 0.699. The zero-order valence-corrected chi connectivity index (χ0v) is 15.6. The van der Waals surface area contributed by atoms with E-state index in [4.69, 9.17) is 9.15 Å². The number of aromatic nitrogens is 1. The van der Waals surface area contributed by atoms with E-state index in [1.54, 1.807) is 7.11 Å². The Morgan fingerprint density at radius 1 is 1.19 bits per heavy atom. The van der Waals surface area contributed by atoms with Crippen LogP contribution >= 0.6 is 0 Å². The first-order chi connectivity index (χ1) is 13.2. The molecule has 0 spiro atoms. The van der Waals surface area contributed by atoms with Gasteiger partial charge in [-0.25, -0.2) is 4.98 Å². The highest BCUT2D eigenvalue weighted by Crippen LogP contribution is 2.31. The van der Waals surface area contributed by atoms with Crippen LogP contribution in [-0.4, -0.2) is 24.5 Å². The second-order valence-electron chi connectivity index (χ2n) is 6.68. The molecule has 0 atom stereocenters. The summed E-state index contributed by atoms with van der Waals surface area (Å²) in [5.74, 6) is 1.88. The van der Waals surface area contributed by atoms with E-state index in [9.17, 15) is 4.79 Å². The second kappa shape index (κ2) is 7.27. The zero-order valence-electron chi connectivity index (χ0n) is 15.6. The molecule has 4 rings (SSSR count). The van der Waals surface area contributed by atoms with E-state index in [-0.39, 0.29) is 12.3 Å². The van der Waals surface area contributed by atoms with E-state index in [1.165, 1.54) is 5.56 Å². The number of benzene rings is 2. The minimum atomic E-state index is 0.0464. The average Bonchev–Trinajstić information content (AvgIpc) is 3.07. The first-order valence-corrected chi connectivity index (χ1v) is 9.15. The summed E-state index contributed by atoms with van der Waals surface area (Å²) >= 11 is 0. The van der Waals surface area contributed by atoms with Crippen molar-refractivity contribution in [1.82, 2.24) is 4.98 Å². The molecule has 1 aliphatic rings. The molecule has 1 aromatic heterocycles. The number of ether oxygens (including phenoxy) is 1. The van der Waals surface area contributed by atoms with Crippen molar-refractivity contribution in [2.24, 2.45) is 0 Å². The lowest BCUT2D eigenvalue weighted by Gasteiger charge is -2.29. The molecule has 0 saturated heterocycles. The first kappa shape index (κ1) is 17.3. The van der Waals surface area contributed by atoms with E-state index in [1.807, 2.05) is 54.3 Å². The minimum Gasteiger partial charge on any atom is -0.496 e. The van der Waals surface area contributed by atoms with Gasteiger partial charge in [-0.2, -0.15) is 0 Å². The van der Waals surface area contributed by atoms with E-state index in [2.05, 4.69) is 11.1 Å². The zero-order chi connectivity index (χ0) is 18.8. The van der Waals surface area contributed by atoms with Crippen LogP contribution in [0.15, 0.2) is 52.9 Å². The number of fused-ring (bicyclic) bond motifs is 1.